The Balaban J connectivity index is 0.00000520. The molecule has 0 amide bonds. The Morgan fingerprint density at radius 3 is 1.90 bits per heavy atom. The number of methoxy groups -OCH3 is 4. The van der Waals surface area contributed by atoms with Crippen molar-refractivity contribution in [3.8, 4) is 23.0 Å². The summed E-state index contributed by atoms with van der Waals surface area (Å²) < 4.78 is 30.0. The number of Topliss-reactive ketones (excluding diaryl/α,β-unsaturated/α-hetero) is 1. The van der Waals surface area contributed by atoms with Crippen LogP contribution in [0.25, 0.3) is 17.7 Å². The minimum Gasteiger partial charge on any atom is -1.00 e. The van der Waals surface area contributed by atoms with Crippen LogP contribution in [0, 0.1) is 0 Å². The fourth-order valence-electron chi connectivity index (χ4n) is 5.14. The third kappa shape index (κ3) is 7.58. The number of aromatic nitrogens is 2. The number of carbonyl (C=O) groups excluding carboxylic acids is 3. The zero-order valence-corrected chi connectivity index (χ0v) is 28.8. The van der Waals surface area contributed by atoms with E-state index < -0.39 is 5.97 Å². The molecule has 48 heavy (non-hydrogen) atoms. The maximum Gasteiger partial charge on any atom is 0.340 e. The second-order valence-corrected chi connectivity index (χ2v) is 10.4. The quantitative estimate of drug-likeness (QED) is 0.104. The smallest absolute Gasteiger partial charge is 0.340 e. The first-order valence-electron chi connectivity index (χ1n) is 14.8. The van der Waals surface area contributed by atoms with Crippen LogP contribution < -0.4 is 40.5 Å². The van der Waals surface area contributed by atoms with E-state index in [1.54, 1.807) is 71.7 Å². The third-order valence-corrected chi connectivity index (χ3v) is 7.59. The standard InChI is InChI=1S/C37H35N2O8.BrH/c1-6-47-37(42)28-22-30(36(41)27-10-12-33(44-3)35(21-27)46-5)39-18-15-25(19-29(28)39)8-7-24-13-16-38(17-14-24)23-31(40)26-9-11-32(43-2)34(20-26)45-4;/h7-22H,6,23H2,1-5H3;1H/q+1;/p-1. The number of carbonyl (C=O) groups is 3. The number of rotatable bonds is 13. The van der Waals surface area contributed by atoms with Crippen molar-refractivity contribution >= 4 is 35.2 Å². The van der Waals surface area contributed by atoms with Crippen molar-refractivity contribution in [2.75, 3.05) is 35.0 Å². The van der Waals surface area contributed by atoms with Gasteiger partial charge in [-0.1, -0.05) is 12.2 Å². The van der Waals surface area contributed by atoms with E-state index in [-0.39, 0.29) is 47.3 Å². The summed E-state index contributed by atoms with van der Waals surface area (Å²) in [6.45, 7) is 2.09. The van der Waals surface area contributed by atoms with Crippen LogP contribution in [0.4, 0.5) is 0 Å². The van der Waals surface area contributed by atoms with Crippen LogP contribution in [0.3, 0.4) is 0 Å². The van der Waals surface area contributed by atoms with Crippen molar-refractivity contribution in [1.29, 1.82) is 0 Å². The van der Waals surface area contributed by atoms with E-state index in [2.05, 4.69) is 0 Å². The predicted octanol–water partition coefficient (Wildman–Crippen LogP) is 2.73. The lowest BCUT2D eigenvalue weighted by Crippen LogP contribution is -3.00. The first kappa shape index (κ1) is 35.4. The third-order valence-electron chi connectivity index (χ3n) is 7.59. The van der Waals surface area contributed by atoms with Crippen molar-refractivity contribution in [2.24, 2.45) is 0 Å². The molecule has 0 fully saturated rings. The van der Waals surface area contributed by atoms with Crippen LogP contribution in [-0.4, -0.2) is 57.0 Å². The van der Waals surface area contributed by atoms with Crippen molar-refractivity contribution in [1.82, 2.24) is 4.40 Å². The van der Waals surface area contributed by atoms with E-state index in [1.807, 2.05) is 48.8 Å². The minimum atomic E-state index is -0.521. The Morgan fingerprint density at radius 1 is 0.708 bits per heavy atom. The second-order valence-electron chi connectivity index (χ2n) is 10.4. The molecular weight excluding hydrogens is 680 g/mol. The number of halogens is 1. The molecule has 0 saturated heterocycles. The average Bonchev–Trinajstić information content (AvgIpc) is 3.49. The van der Waals surface area contributed by atoms with Crippen LogP contribution >= 0.6 is 0 Å². The van der Waals surface area contributed by atoms with Crippen molar-refractivity contribution in [3.05, 3.63) is 119 Å². The highest BCUT2D eigenvalue weighted by Gasteiger charge is 2.23. The summed E-state index contributed by atoms with van der Waals surface area (Å²) in [6.07, 6.45) is 9.25. The molecule has 0 aliphatic carbocycles. The number of benzene rings is 2. The highest BCUT2D eigenvalue weighted by atomic mass is 79.9. The Kier molecular flexibility index (Phi) is 11.8. The SMILES string of the molecule is CCOC(=O)c1cc(C(=O)c2ccc(OC)c(OC)c2)n2ccc(/C=C/c3cc[n+](CC(=O)c4ccc(OC)c(OC)c4)cc3)cc12.[Br-]. The molecular formula is C37H35BrN2O8. The summed E-state index contributed by atoms with van der Waals surface area (Å²) in [5.41, 5.74) is 3.75. The summed E-state index contributed by atoms with van der Waals surface area (Å²) in [5.74, 6) is 1.11. The van der Waals surface area contributed by atoms with Gasteiger partial charge in [-0.15, -0.1) is 0 Å². The molecule has 0 aliphatic heterocycles. The molecule has 2 aromatic carbocycles. The molecule has 0 atom stereocenters. The summed E-state index contributed by atoms with van der Waals surface area (Å²) in [5, 5.41) is 0. The van der Waals surface area contributed by atoms with Crippen LogP contribution in [-0.2, 0) is 11.3 Å². The molecule has 5 aromatic rings. The van der Waals surface area contributed by atoms with Crippen LogP contribution in [0.2, 0.25) is 0 Å². The number of pyridine rings is 2. The first-order chi connectivity index (χ1) is 22.8. The second kappa shape index (κ2) is 15.9. The predicted molar refractivity (Wildman–Crippen MR) is 176 cm³/mol. The van der Waals surface area contributed by atoms with Gasteiger partial charge >= 0.3 is 5.97 Å². The Bertz CT molecular complexity index is 1980. The highest BCUT2D eigenvalue weighted by molar-refractivity contribution is 6.11. The molecule has 0 aliphatic rings. The molecule has 10 nitrogen and oxygen atoms in total. The number of hydrogen-bond acceptors (Lipinski definition) is 8. The lowest BCUT2D eigenvalue weighted by atomic mass is 10.1. The van der Waals surface area contributed by atoms with Crippen molar-refractivity contribution in [2.45, 2.75) is 13.5 Å². The molecule has 0 bridgehead atoms. The molecule has 5 rings (SSSR count). The van der Waals surface area contributed by atoms with E-state index in [1.165, 1.54) is 21.3 Å². The van der Waals surface area contributed by atoms with Gasteiger partial charge in [0.25, 0.3) is 0 Å². The number of esters is 1. The Labute approximate surface area is 288 Å². The van der Waals surface area contributed by atoms with Gasteiger partial charge in [-0.3, -0.25) is 9.59 Å². The number of ether oxygens (including phenoxy) is 5. The van der Waals surface area contributed by atoms with Gasteiger partial charge in [-0.25, -0.2) is 4.79 Å². The van der Waals surface area contributed by atoms with E-state index in [9.17, 15) is 14.4 Å². The number of hydrogen-bond donors (Lipinski definition) is 0. The van der Waals surface area contributed by atoms with Gasteiger partial charge in [0.05, 0.1) is 51.8 Å². The lowest BCUT2D eigenvalue weighted by Gasteiger charge is -2.09. The van der Waals surface area contributed by atoms with Crippen molar-refractivity contribution < 1.29 is 59.6 Å². The average molecular weight is 716 g/mol. The van der Waals surface area contributed by atoms with Crippen molar-refractivity contribution in [3.63, 3.8) is 0 Å². The summed E-state index contributed by atoms with van der Waals surface area (Å²) >= 11 is 0. The van der Waals surface area contributed by atoms with Crippen LogP contribution in [0.5, 0.6) is 23.0 Å². The van der Waals surface area contributed by atoms with Gasteiger partial charge in [-0.2, -0.15) is 4.57 Å². The molecule has 0 N–H and O–H groups in total. The molecule has 3 heterocycles. The topological polar surface area (TPSA) is 106 Å². The molecule has 0 unspecified atom stereocenters. The van der Waals surface area contributed by atoms with E-state index in [0.29, 0.717) is 45.3 Å². The molecule has 248 valence electrons. The van der Waals surface area contributed by atoms with E-state index in [0.717, 1.165) is 11.1 Å². The largest absolute Gasteiger partial charge is 1.00 e. The maximum absolute atomic E-state index is 13.6. The Hall–Kier alpha value is -5.42. The molecule has 3 aromatic heterocycles. The zero-order chi connectivity index (χ0) is 33.5. The number of nitrogens with zero attached hydrogens (tertiary/aromatic N) is 2. The monoisotopic (exact) mass is 714 g/mol. The molecule has 0 saturated carbocycles. The normalized spacial score (nSPS) is 10.8. The van der Waals surface area contributed by atoms with Crippen LogP contribution in [0.15, 0.2) is 85.3 Å². The van der Waals surface area contributed by atoms with Gasteiger partial charge < -0.3 is 45.1 Å². The lowest BCUT2D eigenvalue weighted by molar-refractivity contribution is -0.683. The summed E-state index contributed by atoms with van der Waals surface area (Å²) in [4.78, 5) is 39.4. The number of fused-ring (bicyclic) bond motifs is 1. The number of ketones is 2. The fourth-order valence-corrected chi connectivity index (χ4v) is 5.14. The van der Waals surface area contributed by atoms with Gasteiger partial charge in [0.1, 0.15) is 0 Å². The first-order valence-corrected chi connectivity index (χ1v) is 14.8. The highest BCUT2D eigenvalue weighted by Crippen LogP contribution is 2.30. The van der Waals surface area contributed by atoms with Crippen LogP contribution in [0.1, 0.15) is 54.8 Å². The minimum absolute atomic E-state index is 0. The maximum atomic E-state index is 13.6. The summed E-state index contributed by atoms with van der Waals surface area (Å²) in [7, 11) is 6.11. The molecule has 0 radical (unpaired) electrons. The van der Waals surface area contributed by atoms with Gasteiger partial charge in [0.15, 0.2) is 35.4 Å². The Morgan fingerprint density at radius 2 is 1.29 bits per heavy atom. The molecule has 11 heteroatoms. The van der Waals surface area contributed by atoms with Gasteiger partial charge in [0, 0.05) is 29.5 Å². The van der Waals surface area contributed by atoms with E-state index in [4.69, 9.17) is 23.7 Å². The summed E-state index contributed by atoms with van der Waals surface area (Å²) in [6, 6.07) is 19.1. The van der Waals surface area contributed by atoms with E-state index >= 15 is 0 Å². The molecule has 0 spiro atoms. The fraction of sp³-hybridized carbons (Fsp3) is 0.189. The van der Waals surface area contributed by atoms with Gasteiger partial charge in [-0.05, 0) is 72.6 Å². The zero-order valence-electron chi connectivity index (χ0n) is 27.2. The van der Waals surface area contributed by atoms with Gasteiger partial charge in [0.2, 0.25) is 18.1 Å².